The molecule has 2 aliphatic rings. The van der Waals surface area contributed by atoms with E-state index in [0.29, 0.717) is 12.3 Å². The number of carbonyl (C=O) groups is 1. The molecule has 1 atom stereocenters. The molecule has 3 nitrogen and oxygen atoms in total. The average Bonchev–Trinajstić information content (AvgIpc) is 3.25. The molecule has 4 heteroatoms. The molecule has 3 aromatic carbocycles. The van der Waals surface area contributed by atoms with Crippen LogP contribution in [0.5, 0.6) is 5.75 Å². The third kappa shape index (κ3) is 4.12. The number of carbonyl (C=O) groups excluding carboxylic acids is 1. The molecule has 154 valence electrons. The van der Waals surface area contributed by atoms with Crippen molar-refractivity contribution in [2.45, 2.75) is 30.6 Å². The van der Waals surface area contributed by atoms with Crippen LogP contribution in [0.2, 0.25) is 0 Å². The van der Waals surface area contributed by atoms with Gasteiger partial charge in [-0.25, -0.2) is 0 Å². The number of hydrogen-bond acceptors (Lipinski definition) is 4. The topological polar surface area (TPSA) is 29.5 Å². The number of ketones is 1. The maximum Gasteiger partial charge on any atom is 0.164 e. The van der Waals surface area contributed by atoms with Gasteiger partial charge in [0.15, 0.2) is 5.78 Å². The summed E-state index contributed by atoms with van der Waals surface area (Å²) in [5, 5.41) is 2.26. The van der Waals surface area contributed by atoms with E-state index in [4.69, 9.17) is 4.74 Å². The molecule has 0 amide bonds. The molecule has 0 saturated carbocycles. The van der Waals surface area contributed by atoms with Crippen molar-refractivity contribution in [2.24, 2.45) is 0 Å². The molecule has 0 spiro atoms. The molecule has 0 aliphatic carbocycles. The number of ether oxygens (including phenoxy) is 1. The van der Waals surface area contributed by atoms with Crippen molar-refractivity contribution in [3.63, 3.8) is 0 Å². The summed E-state index contributed by atoms with van der Waals surface area (Å²) in [6.45, 7) is 5.86. The Morgan fingerprint density at radius 3 is 2.97 bits per heavy atom. The van der Waals surface area contributed by atoms with E-state index in [2.05, 4.69) is 54.3 Å². The average molecular weight is 418 g/mol. The van der Waals surface area contributed by atoms with Crippen molar-refractivity contribution in [3.8, 4) is 5.75 Å². The molecule has 0 radical (unpaired) electrons. The summed E-state index contributed by atoms with van der Waals surface area (Å²) in [4.78, 5) is 16.5. The molecule has 30 heavy (non-hydrogen) atoms. The first-order valence-electron chi connectivity index (χ1n) is 10.8. The van der Waals surface area contributed by atoms with E-state index in [0.717, 1.165) is 48.7 Å². The van der Waals surface area contributed by atoms with Crippen LogP contribution in [0.15, 0.2) is 59.5 Å². The minimum absolute atomic E-state index is 0.226. The number of hydrogen-bond donors (Lipinski definition) is 0. The number of likely N-dealkylation sites (tertiary alicyclic amines) is 1. The first-order valence-corrected chi connectivity index (χ1v) is 11.8. The van der Waals surface area contributed by atoms with Gasteiger partial charge in [-0.05, 0) is 60.3 Å². The third-order valence-corrected chi connectivity index (χ3v) is 7.27. The molecule has 2 aliphatic heterocycles. The van der Waals surface area contributed by atoms with Gasteiger partial charge in [0.1, 0.15) is 5.75 Å². The zero-order chi connectivity index (χ0) is 20.5. The Morgan fingerprint density at radius 1 is 1.13 bits per heavy atom. The predicted molar refractivity (Wildman–Crippen MR) is 124 cm³/mol. The van der Waals surface area contributed by atoms with Gasteiger partial charge in [-0.3, -0.25) is 4.79 Å². The lowest BCUT2D eigenvalue weighted by Crippen LogP contribution is -2.23. The highest BCUT2D eigenvalue weighted by Gasteiger charge is 2.24. The van der Waals surface area contributed by atoms with Gasteiger partial charge in [-0.15, -0.1) is 11.8 Å². The SMILES string of the molecule is Cc1cccc(C2CCN(CCC(=O)c3ccc4cc5c(cc4c3)OCCS5)C2)c1. The van der Waals surface area contributed by atoms with Crippen LogP contribution in [0.1, 0.15) is 40.2 Å². The number of rotatable bonds is 5. The summed E-state index contributed by atoms with van der Waals surface area (Å²) in [7, 11) is 0. The van der Waals surface area contributed by atoms with Gasteiger partial charge in [0, 0.05) is 30.8 Å². The fraction of sp³-hybridized carbons (Fsp3) is 0.346. The Kier molecular flexibility index (Phi) is 5.53. The van der Waals surface area contributed by atoms with E-state index in [9.17, 15) is 4.79 Å². The second-order valence-corrected chi connectivity index (χ2v) is 9.57. The number of nitrogens with zero attached hydrogens (tertiary/aromatic N) is 1. The Morgan fingerprint density at radius 2 is 2.07 bits per heavy atom. The summed E-state index contributed by atoms with van der Waals surface area (Å²) in [6.07, 6.45) is 1.75. The van der Waals surface area contributed by atoms with Crippen molar-refractivity contribution in [3.05, 3.63) is 71.3 Å². The molecular formula is C26H27NO2S. The zero-order valence-electron chi connectivity index (χ0n) is 17.4. The highest BCUT2D eigenvalue weighted by Crippen LogP contribution is 2.37. The van der Waals surface area contributed by atoms with Crippen molar-refractivity contribution >= 4 is 28.3 Å². The molecule has 0 aromatic heterocycles. The summed E-state index contributed by atoms with van der Waals surface area (Å²) < 4.78 is 5.79. The Bertz CT molecular complexity index is 1090. The molecule has 1 saturated heterocycles. The molecule has 1 unspecified atom stereocenters. The molecule has 0 N–H and O–H groups in total. The van der Waals surface area contributed by atoms with Crippen molar-refractivity contribution in [2.75, 3.05) is 32.0 Å². The zero-order valence-corrected chi connectivity index (χ0v) is 18.2. The van der Waals surface area contributed by atoms with Crippen molar-refractivity contribution < 1.29 is 9.53 Å². The Labute approximate surface area is 182 Å². The molecule has 3 aromatic rings. The lowest BCUT2D eigenvalue weighted by Gasteiger charge is -2.18. The van der Waals surface area contributed by atoms with Crippen LogP contribution in [0.4, 0.5) is 0 Å². The third-order valence-electron chi connectivity index (χ3n) is 6.26. The lowest BCUT2D eigenvalue weighted by atomic mass is 9.97. The number of fused-ring (bicyclic) bond motifs is 2. The quantitative estimate of drug-likeness (QED) is 0.499. The monoisotopic (exact) mass is 417 g/mol. The minimum Gasteiger partial charge on any atom is -0.492 e. The summed E-state index contributed by atoms with van der Waals surface area (Å²) in [6, 6.07) is 19.2. The van der Waals surface area contributed by atoms with Crippen LogP contribution in [0, 0.1) is 6.92 Å². The van der Waals surface area contributed by atoms with Gasteiger partial charge in [-0.1, -0.05) is 42.0 Å². The number of benzene rings is 3. The fourth-order valence-electron chi connectivity index (χ4n) is 4.59. The van der Waals surface area contributed by atoms with Crippen molar-refractivity contribution in [1.82, 2.24) is 4.90 Å². The lowest BCUT2D eigenvalue weighted by molar-refractivity contribution is 0.0969. The maximum absolute atomic E-state index is 12.9. The summed E-state index contributed by atoms with van der Waals surface area (Å²) >= 11 is 1.84. The number of aryl methyl sites for hydroxylation is 1. The maximum atomic E-state index is 12.9. The number of Topliss-reactive ketones (excluding diaryl/α,β-unsaturated/α-hetero) is 1. The Balaban J connectivity index is 1.23. The smallest absolute Gasteiger partial charge is 0.164 e. The van der Waals surface area contributed by atoms with Crippen LogP contribution in [-0.4, -0.2) is 42.7 Å². The standard InChI is InChI=1S/C26H27NO2S/c1-18-3-2-4-19(13-18)22-7-9-27(17-22)10-8-24(28)21-6-5-20-16-26-25(15-23(20)14-21)29-11-12-30-26/h2-6,13-16,22H,7-12,17H2,1H3. The van der Waals surface area contributed by atoms with Gasteiger partial charge in [0.2, 0.25) is 0 Å². The van der Waals surface area contributed by atoms with E-state index < -0.39 is 0 Å². The van der Waals surface area contributed by atoms with E-state index in [1.54, 1.807) is 0 Å². The highest BCUT2D eigenvalue weighted by atomic mass is 32.2. The molecule has 2 heterocycles. The second kappa shape index (κ2) is 8.44. The van der Waals surface area contributed by atoms with Gasteiger partial charge in [0.05, 0.1) is 11.5 Å². The van der Waals surface area contributed by atoms with E-state index in [1.165, 1.54) is 27.8 Å². The fourth-order valence-corrected chi connectivity index (χ4v) is 5.45. The first kappa shape index (κ1) is 19.7. The van der Waals surface area contributed by atoms with Crippen LogP contribution >= 0.6 is 11.8 Å². The van der Waals surface area contributed by atoms with Crippen LogP contribution in [0.25, 0.3) is 10.8 Å². The van der Waals surface area contributed by atoms with Gasteiger partial charge < -0.3 is 9.64 Å². The van der Waals surface area contributed by atoms with Gasteiger partial charge >= 0.3 is 0 Å². The van der Waals surface area contributed by atoms with Crippen LogP contribution in [-0.2, 0) is 0 Å². The Hall–Kier alpha value is -2.30. The van der Waals surface area contributed by atoms with Crippen LogP contribution < -0.4 is 4.74 Å². The largest absolute Gasteiger partial charge is 0.492 e. The molecule has 0 bridgehead atoms. The highest BCUT2D eigenvalue weighted by molar-refractivity contribution is 7.99. The van der Waals surface area contributed by atoms with E-state index in [-0.39, 0.29) is 5.78 Å². The molecule has 5 rings (SSSR count). The van der Waals surface area contributed by atoms with E-state index in [1.807, 2.05) is 23.9 Å². The second-order valence-electron chi connectivity index (χ2n) is 8.43. The number of thioether (sulfide) groups is 1. The normalized spacial score (nSPS) is 18.9. The molecule has 1 fully saturated rings. The summed E-state index contributed by atoms with van der Waals surface area (Å²) in [5.74, 6) is 2.76. The summed E-state index contributed by atoms with van der Waals surface area (Å²) in [5.41, 5.74) is 3.56. The minimum atomic E-state index is 0.226. The van der Waals surface area contributed by atoms with Gasteiger partial charge in [0.25, 0.3) is 0 Å². The molecular weight excluding hydrogens is 390 g/mol. The predicted octanol–water partition coefficient (Wildman–Crippen LogP) is 5.70. The van der Waals surface area contributed by atoms with Crippen LogP contribution in [0.3, 0.4) is 0 Å². The van der Waals surface area contributed by atoms with Gasteiger partial charge in [-0.2, -0.15) is 0 Å². The first-order chi connectivity index (χ1) is 14.7. The van der Waals surface area contributed by atoms with E-state index >= 15 is 0 Å². The van der Waals surface area contributed by atoms with Crippen molar-refractivity contribution in [1.29, 1.82) is 0 Å².